The molecular formula is C24H20ClF3N4O4S. The fraction of sp³-hybridized carbons (Fsp3) is 0.292. The third-order valence-corrected chi connectivity index (χ3v) is 7.19. The van der Waals surface area contributed by atoms with Gasteiger partial charge in [-0.1, -0.05) is 28.9 Å². The van der Waals surface area contributed by atoms with Crippen LogP contribution in [-0.2, 0) is 10.9 Å². The number of rotatable bonds is 7. The molecule has 1 N–H and O–H groups in total. The highest BCUT2D eigenvalue weighted by Gasteiger charge is 2.30. The summed E-state index contributed by atoms with van der Waals surface area (Å²) in [5.41, 5.74) is 0.354. The van der Waals surface area contributed by atoms with Crippen molar-refractivity contribution >= 4 is 22.9 Å². The van der Waals surface area contributed by atoms with Gasteiger partial charge in [0.05, 0.1) is 28.7 Å². The second-order valence-electron chi connectivity index (χ2n) is 8.25. The fourth-order valence-electron chi connectivity index (χ4n) is 3.85. The molecule has 1 aliphatic heterocycles. The number of morpholine rings is 1. The van der Waals surface area contributed by atoms with Gasteiger partial charge in [-0.05, 0) is 30.3 Å². The lowest BCUT2D eigenvalue weighted by Gasteiger charge is -2.30. The molecule has 5 rings (SSSR count). The summed E-state index contributed by atoms with van der Waals surface area (Å²) < 4.78 is 55.1. The second kappa shape index (κ2) is 10.7. The van der Waals surface area contributed by atoms with Gasteiger partial charge >= 0.3 is 11.9 Å². The lowest BCUT2D eigenvalue weighted by molar-refractivity contribution is -0.137. The Morgan fingerprint density at radius 1 is 1.16 bits per heavy atom. The number of benzene rings is 2. The Morgan fingerprint density at radius 2 is 1.92 bits per heavy atom. The first-order valence-corrected chi connectivity index (χ1v) is 12.4. The largest absolute Gasteiger partial charge is 0.483 e. The predicted octanol–water partition coefficient (Wildman–Crippen LogP) is 5.28. The highest BCUT2D eigenvalue weighted by atomic mass is 35.5. The van der Waals surface area contributed by atoms with Crippen molar-refractivity contribution in [2.75, 3.05) is 32.8 Å². The number of aromatic amines is 1. The minimum atomic E-state index is -4.40. The molecular weight excluding hydrogens is 533 g/mol. The summed E-state index contributed by atoms with van der Waals surface area (Å²) in [5.74, 6) is 0.00315. The lowest BCUT2D eigenvalue weighted by Crippen LogP contribution is -2.39. The minimum absolute atomic E-state index is 0.204. The highest BCUT2D eigenvalue weighted by Crippen LogP contribution is 2.36. The smallest absolute Gasteiger partial charge is 0.439 e. The van der Waals surface area contributed by atoms with Crippen molar-refractivity contribution in [1.82, 2.24) is 20.0 Å². The van der Waals surface area contributed by atoms with E-state index in [1.807, 2.05) is 0 Å². The molecule has 4 aromatic rings. The van der Waals surface area contributed by atoms with E-state index in [4.69, 9.17) is 21.1 Å². The summed E-state index contributed by atoms with van der Waals surface area (Å²) in [5, 5.41) is 4.55. The maximum atomic E-state index is 12.9. The molecule has 13 heteroatoms. The highest BCUT2D eigenvalue weighted by molar-refractivity contribution is 7.15. The molecule has 2 aromatic heterocycles. The second-order valence-corrected chi connectivity index (χ2v) is 9.72. The lowest BCUT2D eigenvalue weighted by atomic mass is 10.1. The van der Waals surface area contributed by atoms with E-state index in [-0.39, 0.29) is 5.82 Å². The summed E-state index contributed by atoms with van der Waals surface area (Å²) in [6.07, 6.45) is -3.14. The zero-order valence-electron chi connectivity index (χ0n) is 19.1. The Labute approximate surface area is 217 Å². The van der Waals surface area contributed by atoms with E-state index in [1.165, 1.54) is 23.5 Å². The molecule has 0 saturated carbocycles. The number of halogens is 4. The number of nitrogens with zero attached hydrogens (tertiary/aromatic N) is 3. The van der Waals surface area contributed by atoms with Crippen LogP contribution in [0.5, 0.6) is 5.75 Å². The maximum absolute atomic E-state index is 12.9. The van der Waals surface area contributed by atoms with E-state index in [9.17, 15) is 18.0 Å². The van der Waals surface area contributed by atoms with Crippen molar-refractivity contribution < 1.29 is 27.2 Å². The van der Waals surface area contributed by atoms with Crippen LogP contribution in [0.3, 0.4) is 0 Å². The van der Waals surface area contributed by atoms with E-state index >= 15 is 0 Å². The molecule has 1 unspecified atom stereocenters. The third kappa shape index (κ3) is 6.04. The zero-order valence-corrected chi connectivity index (χ0v) is 20.7. The van der Waals surface area contributed by atoms with Crippen LogP contribution < -0.4 is 10.5 Å². The average molecular weight is 553 g/mol. The summed E-state index contributed by atoms with van der Waals surface area (Å²) in [4.78, 5) is 21.2. The third-order valence-electron chi connectivity index (χ3n) is 5.74. The van der Waals surface area contributed by atoms with Gasteiger partial charge in [-0.2, -0.15) is 13.2 Å². The Hall–Kier alpha value is -3.19. The van der Waals surface area contributed by atoms with Crippen LogP contribution in [0.2, 0.25) is 5.02 Å². The predicted molar refractivity (Wildman–Crippen MR) is 131 cm³/mol. The van der Waals surface area contributed by atoms with Crippen LogP contribution in [0.4, 0.5) is 13.2 Å². The monoisotopic (exact) mass is 552 g/mol. The van der Waals surface area contributed by atoms with Gasteiger partial charge in [-0.25, -0.2) is 9.78 Å². The quantitative estimate of drug-likeness (QED) is 0.333. The molecule has 0 spiro atoms. The van der Waals surface area contributed by atoms with Crippen LogP contribution in [-0.4, -0.2) is 52.9 Å². The number of nitrogens with one attached hydrogen (secondary N) is 1. The Morgan fingerprint density at radius 3 is 2.57 bits per heavy atom. The topological polar surface area (TPSA) is 93.5 Å². The van der Waals surface area contributed by atoms with Crippen LogP contribution in [0, 0.1) is 0 Å². The van der Waals surface area contributed by atoms with Gasteiger partial charge in [0.15, 0.2) is 5.82 Å². The van der Waals surface area contributed by atoms with E-state index in [1.54, 1.807) is 24.4 Å². The molecule has 3 heterocycles. The van der Waals surface area contributed by atoms with E-state index in [0.29, 0.717) is 46.7 Å². The number of ether oxygens (including phenoxy) is 2. The molecule has 1 aliphatic rings. The SMILES string of the molecule is O=c1[nH]c(-c2ccc(OC(CN3CCOCC3)c3cnc(-c4ccc(C(F)(F)F)cc4)s3)cc2Cl)no1. The molecule has 8 nitrogen and oxygen atoms in total. The van der Waals surface area contributed by atoms with Crippen molar-refractivity contribution in [3.8, 4) is 27.7 Å². The number of H-pyrrole nitrogens is 1. The molecule has 1 saturated heterocycles. The molecule has 0 bridgehead atoms. The van der Waals surface area contributed by atoms with Crippen molar-refractivity contribution in [2.24, 2.45) is 0 Å². The van der Waals surface area contributed by atoms with E-state index in [2.05, 4.69) is 24.5 Å². The molecule has 194 valence electrons. The summed E-state index contributed by atoms with van der Waals surface area (Å²) in [6.45, 7) is 3.26. The van der Waals surface area contributed by atoms with Gasteiger partial charge < -0.3 is 9.47 Å². The van der Waals surface area contributed by atoms with Crippen LogP contribution in [0.15, 0.2) is 58.0 Å². The van der Waals surface area contributed by atoms with Crippen LogP contribution in [0.1, 0.15) is 16.5 Å². The molecule has 37 heavy (non-hydrogen) atoms. The maximum Gasteiger partial charge on any atom is 0.439 e. The van der Waals surface area contributed by atoms with Gasteiger partial charge in [0.25, 0.3) is 0 Å². The van der Waals surface area contributed by atoms with E-state index < -0.39 is 23.6 Å². The molecule has 1 atom stereocenters. The Bertz CT molecular complexity index is 1410. The van der Waals surface area contributed by atoms with E-state index in [0.717, 1.165) is 30.1 Å². The number of thiazole rings is 1. The van der Waals surface area contributed by atoms with Crippen LogP contribution >= 0.6 is 22.9 Å². The van der Waals surface area contributed by atoms with Crippen molar-refractivity contribution in [1.29, 1.82) is 0 Å². The summed E-state index contributed by atoms with van der Waals surface area (Å²) in [6, 6.07) is 9.91. The van der Waals surface area contributed by atoms with Gasteiger partial charge in [0, 0.05) is 37.0 Å². The fourth-order valence-corrected chi connectivity index (χ4v) is 5.05. The van der Waals surface area contributed by atoms with Crippen LogP contribution in [0.25, 0.3) is 22.0 Å². The normalized spacial score (nSPS) is 15.6. The molecule has 2 aromatic carbocycles. The van der Waals surface area contributed by atoms with Gasteiger partial charge in [-0.3, -0.25) is 14.4 Å². The first-order chi connectivity index (χ1) is 17.8. The first-order valence-electron chi connectivity index (χ1n) is 11.2. The molecule has 0 amide bonds. The van der Waals surface area contributed by atoms with Gasteiger partial charge in [0.1, 0.15) is 16.9 Å². The number of alkyl halides is 3. The van der Waals surface area contributed by atoms with Gasteiger partial charge in [0.2, 0.25) is 0 Å². The van der Waals surface area contributed by atoms with Crippen molar-refractivity contribution in [3.63, 3.8) is 0 Å². The standard InChI is InChI=1S/C24H20ClF3N4O4S/c25-18-11-16(5-6-17(18)21-30-23(33)36-31-21)35-19(13-32-7-9-34-10-8-32)20-12-29-22(37-20)14-1-3-15(4-2-14)24(26,27)28/h1-6,11-12,19H,7-10,13H2,(H,30,31,33). The van der Waals surface area contributed by atoms with Crippen molar-refractivity contribution in [3.05, 3.63) is 74.7 Å². The van der Waals surface area contributed by atoms with Crippen molar-refractivity contribution in [2.45, 2.75) is 12.3 Å². The zero-order chi connectivity index (χ0) is 26.0. The molecule has 0 aliphatic carbocycles. The summed E-state index contributed by atoms with van der Waals surface area (Å²) in [7, 11) is 0. The number of hydrogen-bond acceptors (Lipinski definition) is 8. The van der Waals surface area contributed by atoms with Gasteiger partial charge in [-0.15, -0.1) is 11.3 Å². The Kier molecular flexibility index (Phi) is 7.33. The number of hydrogen-bond donors (Lipinski definition) is 1. The molecule has 0 radical (unpaired) electrons. The first kappa shape index (κ1) is 25.5. The minimum Gasteiger partial charge on any atom is -0.483 e. The average Bonchev–Trinajstić information content (AvgIpc) is 3.54. The Balaban J connectivity index is 1.39. The summed E-state index contributed by atoms with van der Waals surface area (Å²) >= 11 is 7.77. The number of aromatic nitrogens is 3. The molecule has 1 fully saturated rings.